The molecule has 462 valence electrons. The predicted octanol–water partition coefficient (Wildman–Crippen LogP) is 19.5. The summed E-state index contributed by atoms with van der Waals surface area (Å²) in [6.45, 7) is 4.83. The zero-order valence-corrected chi connectivity index (χ0v) is 52.8. The van der Waals surface area contributed by atoms with Gasteiger partial charge in [-0.05, 0) is 38.5 Å². The largest absolute Gasteiger partial charge is 0.545 e. The number of quaternary nitrogens is 1. The SMILES string of the molecule is CCCCCCCCCC/C=C\CCCCCCCCCCCCCCCCCC(=O)OC(COC(=O)CCCCCCCCCCCCCCCCCCCCCCCCCCCC)COC(OCC[N+](C)(C)C)C(=O)[O-]. The number of ether oxygens (including phenoxy) is 4. The molecule has 0 spiro atoms. The molecule has 0 bridgehead atoms. The van der Waals surface area contributed by atoms with Crippen LogP contribution in [0.1, 0.15) is 354 Å². The van der Waals surface area contributed by atoms with E-state index in [4.69, 9.17) is 18.9 Å². The fourth-order valence-electron chi connectivity index (χ4n) is 10.5. The number of nitrogens with zero attached hydrogens (tertiary/aromatic N) is 1. The molecular formula is C69H133NO8. The van der Waals surface area contributed by atoms with Crippen LogP contribution in [-0.4, -0.2) is 82.3 Å². The van der Waals surface area contributed by atoms with Gasteiger partial charge < -0.3 is 33.3 Å². The lowest BCUT2D eigenvalue weighted by Crippen LogP contribution is -2.44. The molecule has 0 N–H and O–H groups in total. The van der Waals surface area contributed by atoms with Crippen LogP contribution >= 0.6 is 0 Å². The van der Waals surface area contributed by atoms with Crippen LogP contribution in [0.5, 0.6) is 0 Å². The molecule has 0 heterocycles. The highest BCUT2D eigenvalue weighted by Gasteiger charge is 2.22. The van der Waals surface area contributed by atoms with Crippen molar-refractivity contribution < 1.29 is 42.9 Å². The zero-order valence-electron chi connectivity index (χ0n) is 52.8. The number of unbranched alkanes of at least 4 members (excludes halogenated alkanes) is 48. The Morgan fingerprint density at radius 1 is 0.372 bits per heavy atom. The Balaban J connectivity index is 4.08. The Kier molecular flexibility index (Phi) is 59.6. The zero-order chi connectivity index (χ0) is 56.9. The fourth-order valence-corrected chi connectivity index (χ4v) is 10.5. The molecule has 9 heteroatoms. The number of carbonyl (C=O) groups is 3. The predicted molar refractivity (Wildman–Crippen MR) is 330 cm³/mol. The molecule has 0 aliphatic carbocycles. The maximum absolute atomic E-state index is 12.9. The second-order valence-electron chi connectivity index (χ2n) is 24.8. The minimum Gasteiger partial charge on any atom is -0.545 e. The number of carboxylic acids is 1. The van der Waals surface area contributed by atoms with E-state index in [2.05, 4.69) is 26.0 Å². The van der Waals surface area contributed by atoms with Gasteiger partial charge in [-0.15, -0.1) is 0 Å². The van der Waals surface area contributed by atoms with Crippen molar-refractivity contribution in [1.29, 1.82) is 0 Å². The van der Waals surface area contributed by atoms with Crippen LogP contribution < -0.4 is 5.11 Å². The van der Waals surface area contributed by atoms with Crippen LogP contribution in [-0.2, 0) is 33.3 Å². The van der Waals surface area contributed by atoms with Gasteiger partial charge in [-0.2, -0.15) is 0 Å². The Hall–Kier alpha value is -1.97. The first-order valence-electron chi connectivity index (χ1n) is 34.3. The Morgan fingerprint density at radius 3 is 0.949 bits per heavy atom. The molecule has 0 saturated carbocycles. The molecule has 0 amide bonds. The third-order valence-corrected chi connectivity index (χ3v) is 15.8. The van der Waals surface area contributed by atoms with E-state index in [9.17, 15) is 19.5 Å². The number of hydrogen-bond acceptors (Lipinski definition) is 8. The fraction of sp³-hybridized carbons (Fsp3) is 0.928. The highest BCUT2D eigenvalue weighted by atomic mass is 16.7. The van der Waals surface area contributed by atoms with Crippen LogP contribution in [0.4, 0.5) is 0 Å². The normalized spacial score (nSPS) is 12.7. The van der Waals surface area contributed by atoms with Crippen molar-refractivity contribution in [3.63, 3.8) is 0 Å². The number of esters is 2. The Labute approximate surface area is 485 Å². The lowest BCUT2D eigenvalue weighted by atomic mass is 10.0. The van der Waals surface area contributed by atoms with Crippen LogP contribution in [0.2, 0.25) is 0 Å². The summed E-state index contributed by atoms with van der Waals surface area (Å²) in [7, 11) is 5.94. The molecule has 0 aromatic heterocycles. The van der Waals surface area contributed by atoms with E-state index >= 15 is 0 Å². The molecule has 0 radical (unpaired) electrons. The molecule has 0 rings (SSSR count). The number of hydrogen-bond donors (Lipinski definition) is 0. The molecule has 0 aliphatic rings. The first kappa shape index (κ1) is 76.0. The number of aliphatic carboxylic acids is 1. The molecular weight excluding hydrogens is 971 g/mol. The van der Waals surface area contributed by atoms with Gasteiger partial charge in [0.25, 0.3) is 0 Å². The van der Waals surface area contributed by atoms with Gasteiger partial charge in [-0.25, -0.2) is 0 Å². The Morgan fingerprint density at radius 2 is 0.654 bits per heavy atom. The maximum Gasteiger partial charge on any atom is 0.306 e. The Bertz CT molecular complexity index is 1280. The summed E-state index contributed by atoms with van der Waals surface area (Å²) < 4.78 is 22.8. The molecule has 78 heavy (non-hydrogen) atoms. The van der Waals surface area contributed by atoms with E-state index in [0.29, 0.717) is 17.4 Å². The van der Waals surface area contributed by atoms with Gasteiger partial charge >= 0.3 is 11.9 Å². The maximum atomic E-state index is 12.9. The van der Waals surface area contributed by atoms with Crippen molar-refractivity contribution in [2.75, 3.05) is 47.5 Å². The van der Waals surface area contributed by atoms with Gasteiger partial charge in [0.1, 0.15) is 13.2 Å². The van der Waals surface area contributed by atoms with E-state index < -0.39 is 24.3 Å². The van der Waals surface area contributed by atoms with Gasteiger partial charge in [0.05, 0.1) is 40.3 Å². The lowest BCUT2D eigenvalue weighted by molar-refractivity contribution is -0.870. The monoisotopic (exact) mass is 1100 g/mol. The molecule has 0 saturated heterocycles. The lowest BCUT2D eigenvalue weighted by Gasteiger charge is -2.26. The molecule has 0 fully saturated rings. The van der Waals surface area contributed by atoms with E-state index in [0.717, 1.165) is 38.5 Å². The van der Waals surface area contributed by atoms with Crippen LogP contribution in [0, 0.1) is 0 Å². The van der Waals surface area contributed by atoms with Gasteiger partial charge in [0, 0.05) is 12.8 Å². The topological polar surface area (TPSA) is 111 Å². The highest BCUT2D eigenvalue weighted by Crippen LogP contribution is 2.19. The summed E-state index contributed by atoms with van der Waals surface area (Å²) in [6.07, 6.45) is 70.1. The molecule has 0 aromatic rings. The van der Waals surface area contributed by atoms with Crippen molar-refractivity contribution in [2.45, 2.75) is 367 Å². The first-order valence-corrected chi connectivity index (χ1v) is 34.3. The minimum absolute atomic E-state index is 0.152. The number of carboxylic acid groups (broad SMARTS) is 1. The minimum atomic E-state index is -1.62. The second kappa shape index (κ2) is 61.1. The van der Waals surface area contributed by atoms with Crippen molar-refractivity contribution >= 4 is 17.9 Å². The quantitative estimate of drug-likeness (QED) is 0.0195. The van der Waals surface area contributed by atoms with E-state index in [1.54, 1.807) is 0 Å². The first-order chi connectivity index (χ1) is 38.1. The summed E-state index contributed by atoms with van der Waals surface area (Å²) in [5.41, 5.74) is 0. The van der Waals surface area contributed by atoms with Crippen molar-refractivity contribution in [1.82, 2.24) is 0 Å². The average Bonchev–Trinajstić information content (AvgIpc) is 3.41. The highest BCUT2D eigenvalue weighted by molar-refractivity contribution is 5.70. The molecule has 2 atom stereocenters. The van der Waals surface area contributed by atoms with Gasteiger partial charge in [0.15, 0.2) is 12.4 Å². The van der Waals surface area contributed by atoms with Crippen LogP contribution in [0.25, 0.3) is 0 Å². The van der Waals surface area contributed by atoms with Crippen LogP contribution in [0.3, 0.4) is 0 Å². The third kappa shape index (κ3) is 61.6. The molecule has 0 aromatic carbocycles. The van der Waals surface area contributed by atoms with Crippen molar-refractivity contribution in [3.8, 4) is 0 Å². The number of rotatable bonds is 65. The van der Waals surface area contributed by atoms with Gasteiger partial charge in [-0.3, -0.25) is 9.59 Å². The second-order valence-corrected chi connectivity index (χ2v) is 24.8. The van der Waals surface area contributed by atoms with E-state index in [1.807, 2.05) is 21.1 Å². The standard InChI is InChI=1S/C69H133NO8/c1-6-8-10-12-14-16-18-20-22-24-26-28-30-32-34-36-38-40-42-44-46-48-50-52-54-56-58-60-67(72)78-65(64-77-69(68(73)74)75-62-61-70(3,4)5)63-76-66(71)59-57-55-53-51-49-47-45-43-41-39-37-35-33-31-29-27-25-23-21-19-17-15-13-11-9-7-2/h24,26,65,69H,6-23,25,27-64H2,1-5H3/b26-24-. The third-order valence-electron chi connectivity index (χ3n) is 15.8. The number of likely N-dealkylation sites (N-methyl/N-ethyl adjacent to an activating group) is 1. The molecule has 2 unspecified atom stereocenters. The van der Waals surface area contributed by atoms with Crippen LogP contribution in [0.15, 0.2) is 12.2 Å². The molecule has 9 nitrogen and oxygen atoms in total. The summed E-state index contributed by atoms with van der Waals surface area (Å²) in [5, 5.41) is 11.8. The summed E-state index contributed by atoms with van der Waals surface area (Å²) in [4.78, 5) is 37.5. The van der Waals surface area contributed by atoms with Crippen molar-refractivity contribution in [3.05, 3.63) is 12.2 Å². The van der Waals surface area contributed by atoms with Gasteiger partial charge in [-0.1, -0.05) is 315 Å². The van der Waals surface area contributed by atoms with Crippen molar-refractivity contribution in [2.24, 2.45) is 0 Å². The molecule has 0 aliphatic heterocycles. The van der Waals surface area contributed by atoms with E-state index in [-0.39, 0.29) is 32.2 Å². The summed E-state index contributed by atoms with van der Waals surface area (Å²) >= 11 is 0. The summed E-state index contributed by atoms with van der Waals surface area (Å²) in [5.74, 6) is -2.25. The average molecular weight is 1100 g/mol. The smallest absolute Gasteiger partial charge is 0.306 e. The summed E-state index contributed by atoms with van der Waals surface area (Å²) in [6, 6.07) is 0. The van der Waals surface area contributed by atoms with Gasteiger partial charge in [0.2, 0.25) is 0 Å². The number of carbonyl (C=O) groups excluding carboxylic acids is 3. The van der Waals surface area contributed by atoms with E-state index in [1.165, 1.54) is 289 Å². The number of allylic oxidation sites excluding steroid dienone is 2.